The van der Waals surface area contributed by atoms with Crippen LogP contribution in [0.5, 0.6) is 0 Å². The second-order valence-electron chi connectivity index (χ2n) is 7.24. The Bertz CT molecular complexity index is 1460. The largest absolute Gasteiger partial charge is 0.384 e. The Morgan fingerprint density at radius 1 is 1.09 bits per heavy atom. The van der Waals surface area contributed by atoms with Crippen LogP contribution >= 0.6 is 11.6 Å². The molecule has 1 amide bonds. The van der Waals surface area contributed by atoms with Crippen LogP contribution in [0.4, 0.5) is 14.5 Å². The van der Waals surface area contributed by atoms with Gasteiger partial charge in [-0.3, -0.25) is 10.2 Å². The van der Waals surface area contributed by atoms with Gasteiger partial charge in [0.25, 0.3) is 5.91 Å². The molecular formula is C23H19ClF2N4O3S. The first-order valence-corrected chi connectivity index (χ1v) is 11.6. The van der Waals surface area contributed by atoms with Crippen LogP contribution in [0.15, 0.2) is 71.4 Å². The maximum atomic E-state index is 14.8. The van der Waals surface area contributed by atoms with Gasteiger partial charge in [-0.1, -0.05) is 41.9 Å². The summed E-state index contributed by atoms with van der Waals surface area (Å²) in [6, 6.07) is 13.6. The van der Waals surface area contributed by atoms with E-state index < -0.39 is 27.6 Å². The van der Waals surface area contributed by atoms with Gasteiger partial charge in [0.2, 0.25) is 10.0 Å². The van der Waals surface area contributed by atoms with Crippen molar-refractivity contribution in [1.82, 2.24) is 0 Å². The molecule has 0 aliphatic rings. The maximum Gasteiger partial charge on any atom is 0.284 e. The molecule has 7 nitrogen and oxygen atoms in total. The summed E-state index contributed by atoms with van der Waals surface area (Å²) in [6.45, 7) is 1.34. The normalized spacial score (nSPS) is 12.1. The Morgan fingerprint density at radius 3 is 2.38 bits per heavy atom. The molecule has 0 spiro atoms. The number of halogens is 3. The first kappa shape index (κ1) is 25.0. The minimum absolute atomic E-state index is 0.0734. The zero-order valence-corrected chi connectivity index (χ0v) is 19.3. The predicted molar refractivity (Wildman–Crippen MR) is 128 cm³/mol. The molecule has 0 bridgehead atoms. The van der Waals surface area contributed by atoms with Crippen LogP contribution in [0.25, 0.3) is 16.7 Å². The first-order valence-electron chi connectivity index (χ1n) is 9.64. The van der Waals surface area contributed by atoms with Crippen LogP contribution < -0.4 is 16.2 Å². The van der Waals surface area contributed by atoms with Gasteiger partial charge in [0.15, 0.2) is 5.83 Å². The highest BCUT2D eigenvalue weighted by Crippen LogP contribution is 2.30. The van der Waals surface area contributed by atoms with E-state index in [0.29, 0.717) is 0 Å². The Hall–Kier alpha value is -3.60. The molecule has 0 heterocycles. The number of allylic oxidation sites excluding steroid dienone is 1. The molecule has 3 rings (SSSR count). The Morgan fingerprint density at radius 2 is 1.76 bits per heavy atom. The molecule has 0 saturated heterocycles. The summed E-state index contributed by atoms with van der Waals surface area (Å²) in [7, 11) is -4.06. The van der Waals surface area contributed by atoms with Crippen LogP contribution in [0, 0.1) is 11.2 Å². The van der Waals surface area contributed by atoms with E-state index >= 15 is 0 Å². The van der Waals surface area contributed by atoms with Crippen molar-refractivity contribution in [2.45, 2.75) is 11.8 Å². The number of carbonyl (C=O) groups excluding carboxylic acids is 1. The molecule has 11 heteroatoms. The van der Waals surface area contributed by atoms with Gasteiger partial charge < -0.3 is 11.1 Å². The van der Waals surface area contributed by atoms with Crippen LogP contribution in [0.1, 0.15) is 18.1 Å². The van der Waals surface area contributed by atoms with Crippen molar-refractivity contribution in [1.29, 1.82) is 5.41 Å². The second-order valence-corrected chi connectivity index (χ2v) is 9.17. The van der Waals surface area contributed by atoms with Crippen LogP contribution in [-0.2, 0) is 14.8 Å². The van der Waals surface area contributed by atoms with Crippen molar-refractivity contribution in [3.8, 4) is 11.1 Å². The lowest BCUT2D eigenvalue weighted by Crippen LogP contribution is -2.15. The zero-order chi connectivity index (χ0) is 25.2. The number of hydrogen-bond donors (Lipinski definition) is 4. The number of sulfonamides is 1. The van der Waals surface area contributed by atoms with Gasteiger partial charge >= 0.3 is 0 Å². The van der Waals surface area contributed by atoms with Crippen LogP contribution in [-0.4, -0.2) is 20.2 Å². The van der Waals surface area contributed by atoms with Gasteiger partial charge in [-0.25, -0.2) is 22.3 Å². The lowest BCUT2D eigenvalue weighted by Gasteiger charge is -2.11. The van der Waals surface area contributed by atoms with Gasteiger partial charge in [0, 0.05) is 11.1 Å². The second kappa shape index (κ2) is 9.72. The van der Waals surface area contributed by atoms with Crippen molar-refractivity contribution in [2.75, 3.05) is 5.32 Å². The molecule has 0 aromatic heterocycles. The van der Waals surface area contributed by atoms with Crippen molar-refractivity contribution in [2.24, 2.45) is 10.9 Å². The average molecular weight is 505 g/mol. The molecule has 0 atom stereocenters. The summed E-state index contributed by atoms with van der Waals surface area (Å²) < 4.78 is 53.1. The number of amidine groups is 1. The standard InChI is InChI=1S/C23H19ClF2N4O3S/c1-12(13-6-8-17(24)16(10-13)22(27)28)21(26)23(31)30-19-9-7-14(11-18(19)25)15-4-2-3-5-20(15)34(29,32)33/h2-11H,1H3,(H3,27,28)(H,30,31)(H2,29,32,33)/b21-12+. The summed E-state index contributed by atoms with van der Waals surface area (Å²) in [5, 5.41) is 15.1. The topological polar surface area (TPSA) is 139 Å². The number of benzene rings is 3. The number of hydrogen-bond acceptors (Lipinski definition) is 4. The highest BCUT2D eigenvalue weighted by atomic mass is 35.5. The van der Waals surface area contributed by atoms with Gasteiger partial charge in [0.05, 0.1) is 15.6 Å². The number of primary sulfonamides is 1. The van der Waals surface area contributed by atoms with Crippen LogP contribution in [0.3, 0.4) is 0 Å². The van der Waals surface area contributed by atoms with Gasteiger partial charge in [-0.2, -0.15) is 0 Å². The van der Waals surface area contributed by atoms with E-state index in [-0.39, 0.29) is 49.3 Å². The molecular weight excluding hydrogens is 486 g/mol. The first-order chi connectivity index (χ1) is 15.9. The fraction of sp³-hybridized carbons (Fsp3) is 0.0435. The highest BCUT2D eigenvalue weighted by Gasteiger charge is 2.19. The van der Waals surface area contributed by atoms with Crippen LogP contribution in [0.2, 0.25) is 5.02 Å². The highest BCUT2D eigenvalue weighted by molar-refractivity contribution is 7.89. The third-order valence-electron chi connectivity index (χ3n) is 4.94. The average Bonchev–Trinajstić information content (AvgIpc) is 2.79. The van der Waals surface area contributed by atoms with E-state index in [2.05, 4.69) is 5.32 Å². The SMILES string of the molecule is C/C(=C(\F)C(=O)Nc1ccc(-c2ccccc2S(N)(=O)=O)cc1F)c1ccc(Cl)c(C(=N)N)c1. The van der Waals surface area contributed by atoms with Crippen molar-refractivity contribution < 1.29 is 22.0 Å². The number of rotatable bonds is 6. The summed E-state index contributed by atoms with van der Waals surface area (Å²) in [4.78, 5) is 12.2. The minimum Gasteiger partial charge on any atom is -0.384 e. The smallest absolute Gasteiger partial charge is 0.284 e. The Balaban J connectivity index is 1.90. The number of carbonyl (C=O) groups is 1. The van der Waals surface area contributed by atoms with E-state index in [1.54, 1.807) is 6.07 Å². The third kappa shape index (κ3) is 5.30. The number of nitrogens with one attached hydrogen (secondary N) is 2. The minimum atomic E-state index is -4.06. The van der Waals surface area contributed by atoms with E-state index in [9.17, 15) is 22.0 Å². The summed E-state index contributed by atoms with van der Waals surface area (Å²) in [5.41, 5.74) is 5.87. The van der Waals surface area contributed by atoms with Crippen molar-refractivity contribution in [3.63, 3.8) is 0 Å². The number of amides is 1. The molecule has 0 fully saturated rings. The zero-order valence-electron chi connectivity index (χ0n) is 17.7. The number of nitrogens with two attached hydrogens (primary N) is 2. The number of nitrogen functional groups attached to an aromatic ring is 1. The third-order valence-corrected chi connectivity index (χ3v) is 6.24. The molecule has 0 aliphatic heterocycles. The monoisotopic (exact) mass is 504 g/mol. The van der Waals surface area contributed by atoms with E-state index in [0.717, 1.165) is 6.07 Å². The van der Waals surface area contributed by atoms with Gasteiger partial charge in [0.1, 0.15) is 11.7 Å². The molecule has 0 unspecified atom stereocenters. The van der Waals surface area contributed by atoms with Crippen molar-refractivity contribution >= 4 is 44.6 Å². The molecule has 0 saturated carbocycles. The lowest BCUT2D eigenvalue weighted by molar-refractivity contribution is -0.114. The molecule has 0 radical (unpaired) electrons. The summed E-state index contributed by atoms with van der Waals surface area (Å²) >= 11 is 5.96. The summed E-state index contributed by atoms with van der Waals surface area (Å²) in [6.07, 6.45) is 0. The lowest BCUT2D eigenvalue weighted by atomic mass is 10.0. The van der Waals surface area contributed by atoms with Gasteiger partial charge in [-0.15, -0.1) is 0 Å². The molecule has 34 heavy (non-hydrogen) atoms. The molecule has 3 aromatic rings. The quantitative estimate of drug-likeness (QED) is 0.224. The Kier molecular flexibility index (Phi) is 7.15. The fourth-order valence-corrected chi connectivity index (χ4v) is 4.16. The predicted octanol–water partition coefficient (Wildman–Crippen LogP) is 4.42. The Labute approximate surface area is 199 Å². The molecule has 176 valence electrons. The fourth-order valence-electron chi connectivity index (χ4n) is 3.18. The molecule has 6 N–H and O–H groups in total. The molecule has 3 aromatic carbocycles. The van der Waals surface area contributed by atoms with E-state index in [1.165, 1.54) is 55.5 Å². The van der Waals surface area contributed by atoms with E-state index in [1.807, 2.05) is 0 Å². The summed E-state index contributed by atoms with van der Waals surface area (Å²) in [5.74, 6) is -3.62. The number of anilines is 1. The van der Waals surface area contributed by atoms with Crippen molar-refractivity contribution in [3.05, 3.63) is 88.5 Å². The van der Waals surface area contributed by atoms with E-state index in [4.69, 9.17) is 27.9 Å². The van der Waals surface area contributed by atoms with Gasteiger partial charge in [-0.05, 0) is 54.0 Å². The molecule has 0 aliphatic carbocycles. The maximum absolute atomic E-state index is 14.8.